The van der Waals surface area contributed by atoms with E-state index in [2.05, 4.69) is 12.2 Å². The minimum atomic E-state index is -3.14. The Morgan fingerprint density at radius 1 is 1.16 bits per heavy atom. The molecule has 1 amide bonds. The first-order valence-corrected chi connectivity index (χ1v) is 8.72. The molecule has 6 heteroatoms. The first kappa shape index (κ1) is 14.5. The Hall–Kier alpha value is -0.880. The van der Waals surface area contributed by atoms with Crippen molar-refractivity contribution < 1.29 is 13.2 Å². The molecule has 1 unspecified atom stereocenters. The molecule has 0 radical (unpaired) electrons. The van der Waals surface area contributed by atoms with Crippen LogP contribution >= 0.6 is 0 Å². The van der Waals surface area contributed by atoms with Crippen LogP contribution < -0.4 is 0 Å². The molecule has 1 atom stereocenters. The van der Waals surface area contributed by atoms with Crippen LogP contribution in [0.4, 0.5) is 0 Å². The number of hydrogen-bond acceptors (Lipinski definition) is 3. The lowest BCUT2D eigenvalue weighted by Crippen LogP contribution is -2.40. The van der Waals surface area contributed by atoms with Crippen LogP contribution in [0.1, 0.15) is 25.7 Å². The molecule has 0 aromatic heterocycles. The van der Waals surface area contributed by atoms with Crippen LogP contribution in [-0.4, -0.2) is 56.0 Å². The zero-order chi connectivity index (χ0) is 13.9. The first-order valence-electron chi connectivity index (χ1n) is 6.87. The second-order valence-electron chi connectivity index (χ2n) is 5.32. The summed E-state index contributed by atoms with van der Waals surface area (Å²) in [5, 5.41) is 0. The lowest BCUT2D eigenvalue weighted by Gasteiger charge is -2.26. The molecule has 1 heterocycles. The van der Waals surface area contributed by atoms with E-state index in [1.807, 2.05) is 4.90 Å². The molecule has 2 rings (SSSR count). The third kappa shape index (κ3) is 3.79. The molecule has 1 aliphatic heterocycles. The zero-order valence-electron chi connectivity index (χ0n) is 11.4. The van der Waals surface area contributed by atoms with Gasteiger partial charge in [-0.25, -0.2) is 12.7 Å². The van der Waals surface area contributed by atoms with Gasteiger partial charge in [0.15, 0.2) is 0 Å². The lowest BCUT2D eigenvalue weighted by molar-refractivity contribution is -0.135. The average molecular weight is 286 g/mol. The molecular formula is C13H22N2O3S. The van der Waals surface area contributed by atoms with Gasteiger partial charge in [0.05, 0.1) is 6.26 Å². The highest BCUT2D eigenvalue weighted by molar-refractivity contribution is 7.88. The number of carbonyl (C=O) groups excluding carboxylic acids is 1. The van der Waals surface area contributed by atoms with Gasteiger partial charge in [-0.3, -0.25) is 4.79 Å². The molecule has 5 nitrogen and oxygen atoms in total. The fraction of sp³-hybridized carbons (Fsp3) is 0.769. The number of allylic oxidation sites excluding steroid dienone is 2. The molecule has 1 saturated heterocycles. The Bertz CT molecular complexity index is 459. The number of hydrogen-bond donors (Lipinski definition) is 0. The van der Waals surface area contributed by atoms with Crippen LogP contribution in [-0.2, 0) is 14.8 Å². The molecule has 108 valence electrons. The van der Waals surface area contributed by atoms with E-state index in [1.165, 1.54) is 10.6 Å². The Morgan fingerprint density at radius 2 is 1.95 bits per heavy atom. The maximum atomic E-state index is 12.4. The second kappa shape index (κ2) is 6.05. The predicted octanol–water partition coefficient (Wildman–Crippen LogP) is 0.837. The third-order valence-electron chi connectivity index (χ3n) is 3.85. The highest BCUT2D eigenvalue weighted by atomic mass is 32.2. The normalized spacial score (nSPS) is 26.2. The number of nitrogens with zero attached hydrogens (tertiary/aromatic N) is 2. The SMILES string of the molecule is CS(=O)(=O)N1CCCN(C(=O)C2CC=CCC2)CC1. The van der Waals surface area contributed by atoms with Gasteiger partial charge in [-0.15, -0.1) is 0 Å². The summed E-state index contributed by atoms with van der Waals surface area (Å²) >= 11 is 0. The third-order valence-corrected chi connectivity index (χ3v) is 5.16. The van der Waals surface area contributed by atoms with Gasteiger partial charge in [0.25, 0.3) is 0 Å². The molecule has 0 saturated carbocycles. The Kier molecular flexibility index (Phi) is 4.62. The molecule has 0 spiro atoms. The van der Waals surface area contributed by atoms with E-state index in [9.17, 15) is 13.2 Å². The highest BCUT2D eigenvalue weighted by Crippen LogP contribution is 2.21. The van der Waals surface area contributed by atoms with Crippen molar-refractivity contribution in [3.63, 3.8) is 0 Å². The maximum Gasteiger partial charge on any atom is 0.226 e. The Labute approximate surface area is 115 Å². The van der Waals surface area contributed by atoms with E-state index >= 15 is 0 Å². The van der Waals surface area contributed by atoms with E-state index in [4.69, 9.17) is 0 Å². The van der Waals surface area contributed by atoms with Gasteiger partial charge in [-0.2, -0.15) is 0 Å². The van der Waals surface area contributed by atoms with Crippen molar-refractivity contribution in [1.82, 2.24) is 9.21 Å². The summed E-state index contributed by atoms with van der Waals surface area (Å²) in [6.07, 6.45) is 8.87. The van der Waals surface area contributed by atoms with Gasteiger partial charge >= 0.3 is 0 Å². The summed E-state index contributed by atoms with van der Waals surface area (Å²) < 4.78 is 24.5. The molecule has 0 bridgehead atoms. The molecular weight excluding hydrogens is 264 g/mol. The minimum absolute atomic E-state index is 0.0924. The highest BCUT2D eigenvalue weighted by Gasteiger charge is 2.28. The van der Waals surface area contributed by atoms with Gasteiger partial charge in [-0.1, -0.05) is 12.2 Å². The first-order chi connectivity index (χ1) is 8.98. The lowest BCUT2D eigenvalue weighted by atomic mass is 9.93. The monoisotopic (exact) mass is 286 g/mol. The van der Waals surface area contributed by atoms with Gasteiger partial charge in [0.1, 0.15) is 0 Å². The smallest absolute Gasteiger partial charge is 0.226 e. The molecule has 19 heavy (non-hydrogen) atoms. The molecule has 0 N–H and O–H groups in total. The average Bonchev–Trinajstić information content (AvgIpc) is 2.64. The summed E-state index contributed by atoms with van der Waals surface area (Å²) in [7, 11) is -3.14. The molecule has 1 aliphatic carbocycles. The van der Waals surface area contributed by atoms with Crippen molar-refractivity contribution in [1.29, 1.82) is 0 Å². The van der Waals surface area contributed by atoms with E-state index in [0.717, 1.165) is 25.7 Å². The van der Waals surface area contributed by atoms with Crippen LogP contribution in [0.2, 0.25) is 0 Å². The van der Waals surface area contributed by atoms with E-state index in [-0.39, 0.29) is 11.8 Å². The van der Waals surface area contributed by atoms with Crippen molar-refractivity contribution in [3.05, 3.63) is 12.2 Å². The fourth-order valence-electron chi connectivity index (χ4n) is 2.72. The summed E-state index contributed by atoms with van der Waals surface area (Å²) in [5.74, 6) is 0.287. The van der Waals surface area contributed by atoms with Crippen molar-refractivity contribution in [2.24, 2.45) is 5.92 Å². The molecule has 0 aromatic rings. The topological polar surface area (TPSA) is 57.7 Å². The van der Waals surface area contributed by atoms with Gasteiger partial charge < -0.3 is 4.90 Å². The summed E-state index contributed by atoms with van der Waals surface area (Å²) in [4.78, 5) is 14.2. The molecule has 1 fully saturated rings. The summed E-state index contributed by atoms with van der Waals surface area (Å²) in [6, 6.07) is 0. The fourth-order valence-corrected chi connectivity index (χ4v) is 3.60. The number of amides is 1. The number of carbonyl (C=O) groups is 1. The van der Waals surface area contributed by atoms with Crippen LogP contribution in [0.25, 0.3) is 0 Å². The van der Waals surface area contributed by atoms with Gasteiger partial charge in [-0.05, 0) is 25.7 Å². The van der Waals surface area contributed by atoms with E-state index in [0.29, 0.717) is 26.2 Å². The largest absolute Gasteiger partial charge is 0.341 e. The van der Waals surface area contributed by atoms with Crippen molar-refractivity contribution in [3.8, 4) is 0 Å². The van der Waals surface area contributed by atoms with Crippen molar-refractivity contribution >= 4 is 15.9 Å². The van der Waals surface area contributed by atoms with Crippen molar-refractivity contribution in [2.75, 3.05) is 32.4 Å². The van der Waals surface area contributed by atoms with Crippen molar-refractivity contribution in [2.45, 2.75) is 25.7 Å². The minimum Gasteiger partial charge on any atom is -0.341 e. The van der Waals surface area contributed by atoms with E-state index in [1.54, 1.807) is 0 Å². The Morgan fingerprint density at radius 3 is 2.58 bits per heavy atom. The van der Waals surface area contributed by atoms with Crippen LogP contribution in [0.15, 0.2) is 12.2 Å². The standard InChI is InChI=1S/C13H22N2O3S/c1-19(17,18)15-9-5-8-14(10-11-15)13(16)12-6-3-2-4-7-12/h2-3,12H,4-11H2,1H3. The van der Waals surface area contributed by atoms with E-state index < -0.39 is 10.0 Å². The van der Waals surface area contributed by atoms with Gasteiger partial charge in [0, 0.05) is 32.1 Å². The predicted molar refractivity (Wildman–Crippen MR) is 74.1 cm³/mol. The molecule has 0 aromatic carbocycles. The van der Waals surface area contributed by atoms with Crippen LogP contribution in [0.3, 0.4) is 0 Å². The second-order valence-corrected chi connectivity index (χ2v) is 7.30. The summed E-state index contributed by atoms with van der Waals surface area (Å²) in [5.41, 5.74) is 0. The van der Waals surface area contributed by atoms with Crippen LogP contribution in [0, 0.1) is 5.92 Å². The maximum absolute atomic E-state index is 12.4. The molecule has 2 aliphatic rings. The van der Waals surface area contributed by atoms with Crippen LogP contribution in [0.5, 0.6) is 0 Å². The quantitative estimate of drug-likeness (QED) is 0.707. The Balaban J connectivity index is 1.95. The number of rotatable bonds is 2. The van der Waals surface area contributed by atoms with Gasteiger partial charge in [0.2, 0.25) is 15.9 Å². The zero-order valence-corrected chi connectivity index (χ0v) is 12.2. The summed E-state index contributed by atoms with van der Waals surface area (Å²) in [6.45, 7) is 2.14. The number of sulfonamides is 1.